The van der Waals surface area contributed by atoms with Gasteiger partial charge in [-0.1, -0.05) is 74.4 Å². The Morgan fingerprint density at radius 3 is 2.29 bits per heavy atom. The van der Waals surface area contributed by atoms with Crippen molar-refractivity contribution in [2.75, 3.05) is 45.4 Å². The molecule has 1 N–H and O–H groups in total. The molecule has 2 heterocycles. The third-order valence-corrected chi connectivity index (χ3v) is 10.4. The van der Waals surface area contributed by atoms with Crippen LogP contribution in [0.15, 0.2) is 91.0 Å². The molecular weight excluding hydrogens is 617 g/mol. The Balaban J connectivity index is 1.46. The fraction of sp³-hybridized carbons (Fsp3) is 0.286. The van der Waals surface area contributed by atoms with Gasteiger partial charge in [0.15, 0.2) is 5.60 Å². The number of hydrogen-bond acceptors (Lipinski definition) is 6. The minimum Gasteiger partial charge on any atom is -0.497 e. The fourth-order valence-corrected chi connectivity index (χ4v) is 7.98. The zero-order valence-electron chi connectivity index (χ0n) is 28.1. The number of aliphatic hydroxyl groups is 1. The van der Waals surface area contributed by atoms with Crippen molar-refractivity contribution in [2.45, 2.75) is 37.4 Å². The van der Waals surface area contributed by atoms with Crippen LogP contribution in [0.4, 0.5) is 10.1 Å². The molecule has 49 heavy (non-hydrogen) atoms. The summed E-state index contributed by atoms with van der Waals surface area (Å²) in [7, 11) is 3.34. The summed E-state index contributed by atoms with van der Waals surface area (Å²) in [4.78, 5) is 2.30. The molecule has 5 aromatic carbocycles. The van der Waals surface area contributed by atoms with Crippen molar-refractivity contribution in [3.05, 3.63) is 125 Å². The first-order valence-corrected chi connectivity index (χ1v) is 17.1. The number of benzene rings is 5. The van der Waals surface area contributed by atoms with Gasteiger partial charge in [-0.05, 0) is 71.0 Å². The Morgan fingerprint density at radius 1 is 0.878 bits per heavy atom. The summed E-state index contributed by atoms with van der Waals surface area (Å²) >= 11 is 0. The molecule has 7 heteroatoms. The normalized spacial score (nSPS) is 20.8. The zero-order valence-corrected chi connectivity index (χ0v) is 28.1. The van der Waals surface area contributed by atoms with Gasteiger partial charge in [0.05, 0.1) is 33.1 Å². The zero-order chi connectivity index (χ0) is 33.8. The van der Waals surface area contributed by atoms with Crippen molar-refractivity contribution in [3.63, 3.8) is 0 Å². The molecular formula is C42H40FNO5. The highest BCUT2D eigenvalue weighted by molar-refractivity contribution is 6.10. The van der Waals surface area contributed by atoms with Crippen molar-refractivity contribution in [1.29, 1.82) is 0 Å². The Labute approximate surface area is 286 Å². The number of ether oxygens (including phenoxy) is 4. The van der Waals surface area contributed by atoms with E-state index in [2.05, 4.69) is 42.2 Å². The van der Waals surface area contributed by atoms with Gasteiger partial charge in [0.25, 0.3) is 0 Å². The fourth-order valence-electron chi connectivity index (χ4n) is 7.98. The number of methoxy groups -OCH3 is 2. The topological polar surface area (TPSA) is 60.4 Å². The molecule has 0 spiro atoms. The smallest absolute Gasteiger partial charge is 0.178 e. The Kier molecular flexibility index (Phi) is 7.85. The molecule has 2 aliphatic heterocycles. The first-order valence-electron chi connectivity index (χ1n) is 17.1. The van der Waals surface area contributed by atoms with E-state index in [1.54, 1.807) is 26.4 Å². The predicted octanol–water partition coefficient (Wildman–Crippen LogP) is 8.59. The lowest BCUT2D eigenvalue weighted by Gasteiger charge is -2.39. The second kappa shape index (κ2) is 12.2. The van der Waals surface area contributed by atoms with Crippen LogP contribution >= 0.6 is 0 Å². The van der Waals surface area contributed by atoms with Crippen LogP contribution in [0, 0.1) is 5.82 Å². The number of rotatable bonds is 8. The highest BCUT2D eigenvalue weighted by Crippen LogP contribution is 2.59. The Hall–Kier alpha value is -4.85. The maximum Gasteiger partial charge on any atom is 0.178 e. The largest absolute Gasteiger partial charge is 0.497 e. The van der Waals surface area contributed by atoms with E-state index in [1.165, 1.54) is 12.1 Å². The molecule has 0 aromatic heterocycles. The number of anilines is 1. The summed E-state index contributed by atoms with van der Waals surface area (Å²) in [5.74, 6) is 1.78. The highest BCUT2D eigenvalue weighted by Gasteiger charge is 2.47. The third-order valence-electron chi connectivity index (χ3n) is 10.4. The summed E-state index contributed by atoms with van der Waals surface area (Å²) in [6, 6.07) is 26.8. The second-order valence-electron chi connectivity index (χ2n) is 13.1. The second-order valence-corrected chi connectivity index (χ2v) is 13.1. The van der Waals surface area contributed by atoms with E-state index in [0.717, 1.165) is 92.8 Å². The van der Waals surface area contributed by atoms with Gasteiger partial charge in [0, 0.05) is 40.7 Å². The number of fused-ring (bicyclic) bond motifs is 8. The quantitative estimate of drug-likeness (QED) is 0.180. The molecule has 0 amide bonds. The van der Waals surface area contributed by atoms with E-state index < -0.39 is 11.2 Å². The minimum absolute atomic E-state index is 0.323. The van der Waals surface area contributed by atoms with Crippen LogP contribution < -0.4 is 19.1 Å². The van der Waals surface area contributed by atoms with E-state index in [4.69, 9.17) is 18.9 Å². The number of morpholine rings is 1. The van der Waals surface area contributed by atoms with Crippen molar-refractivity contribution in [3.8, 4) is 28.4 Å². The molecule has 2 atom stereocenters. The lowest BCUT2D eigenvalue weighted by Crippen LogP contribution is -2.36. The average molecular weight is 658 g/mol. The SMILES string of the molecule is CCCCC1(O)c2ccccc2-c2c1c1c(c3cc(OC)c(N4CCOCC4)cc23)OC(c2ccc(F)cc2)(c2ccc(OC)cc2)C=C1. The van der Waals surface area contributed by atoms with E-state index in [9.17, 15) is 9.50 Å². The van der Waals surface area contributed by atoms with Gasteiger partial charge in [0.1, 0.15) is 28.7 Å². The summed E-state index contributed by atoms with van der Waals surface area (Å²) in [6.45, 7) is 4.92. The minimum atomic E-state index is -1.22. The molecule has 1 fully saturated rings. The van der Waals surface area contributed by atoms with Crippen LogP contribution in [0.2, 0.25) is 0 Å². The first-order chi connectivity index (χ1) is 23.9. The summed E-state index contributed by atoms with van der Waals surface area (Å²) in [5, 5.41) is 14.8. The molecule has 8 rings (SSSR count). The maximum atomic E-state index is 14.3. The predicted molar refractivity (Wildman–Crippen MR) is 191 cm³/mol. The van der Waals surface area contributed by atoms with E-state index in [-0.39, 0.29) is 5.82 Å². The molecule has 5 aromatic rings. The molecule has 1 aliphatic carbocycles. The van der Waals surface area contributed by atoms with Crippen LogP contribution in [-0.4, -0.2) is 45.6 Å². The molecule has 2 unspecified atom stereocenters. The Bertz CT molecular complexity index is 2070. The highest BCUT2D eigenvalue weighted by atomic mass is 19.1. The number of hydrogen-bond donors (Lipinski definition) is 1. The van der Waals surface area contributed by atoms with E-state index in [0.29, 0.717) is 25.4 Å². The van der Waals surface area contributed by atoms with Gasteiger partial charge in [0.2, 0.25) is 0 Å². The van der Waals surface area contributed by atoms with Crippen LogP contribution in [0.1, 0.15) is 54.0 Å². The van der Waals surface area contributed by atoms with Crippen LogP contribution in [0.5, 0.6) is 17.2 Å². The van der Waals surface area contributed by atoms with Crippen molar-refractivity contribution in [1.82, 2.24) is 0 Å². The molecule has 250 valence electrons. The van der Waals surface area contributed by atoms with Gasteiger partial charge in [-0.2, -0.15) is 0 Å². The third kappa shape index (κ3) is 4.90. The maximum absolute atomic E-state index is 14.3. The first kappa shape index (κ1) is 31.4. The molecule has 0 saturated carbocycles. The van der Waals surface area contributed by atoms with Crippen molar-refractivity contribution >= 4 is 22.5 Å². The average Bonchev–Trinajstić information content (AvgIpc) is 3.42. The van der Waals surface area contributed by atoms with Crippen molar-refractivity contribution in [2.24, 2.45) is 0 Å². The number of halogens is 1. The summed E-state index contributed by atoms with van der Waals surface area (Å²) in [5.41, 5.74) is 4.95. The number of nitrogens with zero attached hydrogens (tertiary/aromatic N) is 1. The molecule has 1 saturated heterocycles. The monoisotopic (exact) mass is 657 g/mol. The van der Waals surface area contributed by atoms with Gasteiger partial charge in [-0.3, -0.25) is 0 Å². The summed E-state index contributed by atoms with van der Waals surface area (Å²) in [6.07, 6.45) is 6.52. The molecule has 0 radical (unpaired) electrons. The van der Waals surface area contributed by atoms with Crippen LogP contribution in [-0.2, 0) is 15.9 Å². The molecule has 3 aliphatic rings. The molecule has 6 nitrogen and oxygen atoms in total. The van der Waals surface area contributed by atoms with Crippen LogP contribution in [0.25, 0.3) is 28.0 Å². The molecule has 0 bridgehead atoms. The number of unbranched alkanes of at least 4 members (excludes halogenated alkanes) is 1. The van der Waals surface area contributed by atoms with E-state index >= 15 is 0 Å². The Morgan fingerprint density at radius 2 is 1.59 bits per heavy atom. The lowest BCUT2D eigenvalue weighted by atomic mass is 9.79. The van der Waals surface area contributed by atoms with Crippen LogP contribution in [0.3, 0.4) is 0 Å². The van der Waals surface area contributed by atoms with Crippen molar-refractivity contribution < 1.29 is 28.4 Å². The lowest BCUT2D eigenvalue weighted by molar-refractivity contribution is 0.0721. The van der Waals surface area contributed by atoms with Gasteiger partial charge >= 0.3 is 0 Å². The van der Waals surface area contributed by atoms with Gasteiger partial charge in [-0.15, -0.1) is 0 Å². The van der Waals surface area contributed by atoms with E-state index in [1.807, 2.05) is 42.5 Å². The summed E-state index contributed by atoms with van der Waals surface area (Å²) < 4.78 is 39.0. The standard InChI is InChI=1S/C42H40FNO5/c1-4-5-19-41(45)35-9-7-6-8-31(35)38-33-25-36(44-21-23-48-24-22-44)37(47-3)26-34(33)40-32(39(38)41)18-20-42(49-40,27-10-14-29(43)15-11-27)28-12-16-30(46-2)17-13-28/h6-18,20,25-26,45H,4-5,19,21-24H2,1-3H3. The van der Waals surface area contributed by atoms with Gasteiger partial charge < -0.3 is 29.0 Å². The van der Waals surface area contributed by atoms with Gasteiger partial charge in [-0.25, -0.2) is 4.39 Å².